The molecule has 0 saturated carbocycles. The SMILES string of the molecule is O=C(NCc1ccc2c(c1)OCO2)C(=O)Nc1ccc2nc3n(c(=O)c2c1)CCCCC3. The Morgan fingerprint density at radius 3 is 2.78 bits per heavy atom. The fourth-order valence-electron chi connectivity index (χ4n) is 4.00. The van der Waals surface area contributed by atoms with Crippen molar-refractivity contribution in [3.63, 3.8) is 0 Å². The third kappa shape index (κ3) is 3.89. The van der Waals surface area contributed by atoms with Crippen LogP contribution in [0.25, 0.3) is 10.9 Å². The molecule has 0 saturated heterocycles. The molecule has 0 bridgehead atoms. The molecule has 2 amide bonds. The van der Waals surface area contributed by atoms with Gasteiger partial charge in [0.25, 0.3) is 5.56 Å². The predicted molar refractivity (Wildman–Crippen MR) is 117 cm³/mol. The van der Waals surface area contributed by atoms with E-state index in [1.165, 1.54) is 0 Å². The Morgan fingerprint density at radius 2 is 1.88 bits per heavy atom. The van der Waals surface area contributed by atoms with Gasteiger partial charge in [0.05, 0.1) is 10.9 Å². The first-order valence-electron chi connectivity index (χ1n) is 10.6. The van der Waals surface area contributed by atoms with Gasteiger partial charge in [-0.3, -0.25) is 19.0 Å². The van der Waals surface area contributed by atoms with Gasteiger partial charge < -0.3 is 20.1 Å². The number of benzene rings is 2. The van der Waals surface area contributed by atoms with Crippen molar-refractivity contribution >= 4 is 28.4 Å². The minimum atomic E-state index is -0.812. The van der Waals surface area contributed by atoms with Gasteiger partial charge >= 0.3 is 11.8 Å². The van der Waals surface area contributed by atoms with Gasteiger partial charge in [-0.05, 0) is 48.7 Å². The number of fused-ring (bicyclic) bond motifs is 3. The molecule has 2 aromatic carbocycles. The largest absolute Gasteiger partial charge is 0.454 e. The Bertz CT molecular complexity index is 1280. The first-order valence-corrected chi connectivity index (χ1v) is 10.6. The normalized spacial score (nSPS) is 14.5. The topological polar surface area (TPSA) is 112 Å². The Kier molecular flexibility index (Phi) is 5.22. The van der Waals surface area contributed by atoms with Crippen LogP contribution in [0, 0.1) is 0 Å². The maximum absolute atomic E-state index is 12.9. The highest BCUT2D eigenvalue weighted by atomic mass is 16.7. The van der Waals surface area contributed by atoms with Crippen molar-refractivity contribution < 1.29 is 19.1 Å². The molecule has 3 aromatic rings. The molecule has 164 valence electrons. The van der Waals surface area contributed by atoms with Gasteiger partial charge in [-0.1, -0.05) is 12.5 Å². The molecule has 0 spiro atoms. The van der Waals surface area contributed by atoms with Gasteiger partial charge in [0.15, 0.2) is 11.5 Å². The van der Waals surface area contributed by atoms with Crippen LogP contribution in [0.1, 0.15) is 30.7 Å². The zero-order valence-electron chi connectivity index (χ0n) is 17.3. The lowest BCUT2D eigenvalue weighted by Crippen LogP contribution is -2.35. The van der Waals surface area contributed by atoms with E-state index in [4.69, 9.17) is 9.47 Å². The van der Waals surface area contributed by atoms with Gasteiger partial charge in [0, 0.05) is 25.2 Å². The Morgan fingerprint density at radius 1 is 1.00 bits per heavy atom. The van der Waals surface area contributed by atoms with Crippen LogP contribution in [0.2, 0.25) is 0 Å². The highest BCUT2D eigenvalue weighted by Crippen LogP contribution is 2.32. The third-order valence-electron chi connectivity index (χ3n) is 5.67. The van der Waals surface area contributed by atoms with Gasteiger partial charge in [-0.15, -0.1) is 0 Å². The van der Waals surface area contributed by atoms with Crippen molar-refractivity contribution in [3.05, 3.63) is 58.1 Å². The van der Waals surface area contributed by atoms with E-state index in [9.17, 15) is 14.4 Å². The van der Waals surface area contributed by atoms with Crippen molar-refractivity contribution in [2.75, 3.05) is 12.1 Å². The lowest BCUT2D eigenvalue weighted by atomic mass is 10.2. The summed E-state index contributed by atoms with van der Waals surface area (Å²) in [6, 6.07) is 10.2. The first-order chi connectivity index (χ1) is 15.6. The number of aryl methyl sites for hydroxylation is 1. The molecule has 0 unspecified atom stereocenters. The van der Waals surface area contributed by atoms with E-state index in [0.29, 0.717) is 34.6 Å². The summed E-state index contributed by atoms with van der Waals surface area (Å²) in [5.74, 6) is 0.471. The van der Waals surface area contributed by atoms with Crippen LogP contribution in [0.15, 0.2) is 41.2 Å². The highest BCUT2D eigenvalue weighted by molar-refractivity contribution is 6.39. The van der Waals surface area contributed by atoms with Crippen LogP contribution >= 0.6 is 0 Å². The summed E-state index contributed by atoms with van der Waals surface area (Å²) >= 11 is 0. The number of nitrogens with one attached hydrogen (secondary N) is 2. The van der Waals surface area contributed by atoms with E-state index in [2.05, 4.69) is 15.6 Å². The van der Waals surface area contributed by atoms with E-state index in [-0.39, 0.29) is 18.9 Å². The second-order valence-corrected chi connectivity index (χ2v) is 7.85. The fourth-order valence-corrected chi connectivity index (χ4v) is 4.00. The number of carbonyl (C=O) groups excluding carboxylic acids is 2. The minimum absolute atomic E-state index is 0.116. The second kappa shape index (κ2) is 8.33. The quantitative estimate of drug-likeness (QED) is 0.611. The summed E-state index contributed by atoms with van der Waals surface area (Å²) in [5, 5.41) is 5.57. The number of anilines is 1. The third-order valence-corrected chi connectivity index (χ3v) is 5.67. The number of hydrogen-bond acceptors (Lipinski definition) is 6. The molecule has 0 aliphatic carbocycles. The molecule has 2 aliphatic heterocycles. The first kappa shape index (κ1) is 20.0. The van der Waals surface area contributed by atoms with Crippen molar-refractivity contribution in [2.24, 2.45) is 0 Å². The lowest BCUT2D eigenvalue weighted by molar-refractivity contribution is -0.136. The van der Waals surface area contributed by atoms with Gasteiger partial charge in [0.1, 0.15) is 5.82 Å². The number of rotatable bonds is 3. The van der Waals surface area contributed by atoms with E-state index in [1.807, 2.05) is 0 Å². The van der Waals surface area contributed by atoms with E-state index >= 15 is 0 Å². The molecule has 0 atom stereocenters. The van der Waals surface area contributed by atoms with Crippen molar-refractivity contribution in [3.8, 4) is 11.5 Å². The molecule has 0 radical (unpaired) electrons. The van der Waals surface area contributed by atoms with Crippen molar-refractivity contribution in [2.45, 2.75) is 38.8 Å². The van der Waals surface area contributed by atoms with E-state index < -0.39 is 11.8 Å². The average molecular weight is 434 g/mol. The van der Waals surface area contributed by atoms with Crippen LogP contribution in [0.5, 0.6) is 11.5 Å². The maximum atomic E-state index is 12.9. The molecule has 9 heteroatoms. The number of aromatic nitrogens is 2. The van der Waals surface area contributed by atoms with Crippen molar-refractivity contribution in [1.82, 2.24) is 14.9 Å². The summed E-state index contributed by atoms with van der Waals surface area (Å²) in [6.07, 6.45) is 3.82. The monoisotopic (exact) mass is 434 g/mol. The molecular weight excluding hydrogens is 412 g/mol. The lowest BCUT2D eigenvalue weighted by Gasteiger charge is -2.11. The second-order valence-electron chi connectivity index (χ2n) is 7.85. The Hall–Kier alpha value is -3.88. The molecule has 9 nitrogen and oxygen atoms in total. The molecule has 2 N–H and O–H groups in total. The van der Waals surface area contributed by atoms with E-state index in [1.54, 1.807) is 41.0 Å². The van der Waals surface area contributed by atoms with Gasteiger partial charge in [-0.2, -0.15) is 0 Å². The molecule has 5 rings (SSSR count). The average Bonchev–Trinajstić information content (AvgIpc) is 3.14. The minimum Gasteiger partial charge on any atom is -0.454 e. The van der Waals surface area contributed by atoms with Crippen LogP contribution in [-0.4, -0.2) is 28.2 Å². The molecule has 3 heterocycles. The number of ether oxygens (including phenoxy) is 2. The number of nitrogens with zero attached hydrogens (tertiary/aromatic N) is 2. The summed E-state index contributed by atoms with van der Waals surface area (Å²) in [6.45, 7) is 0.981. The number of amides is 2. The molecule has 1 aromatic heterocycles. The summed E-state index contributed by atoms with van der Waals surface area (Å²) in [4.78, 5) is 42.2. The smallest absolute Gasteiger partial charge is 0.313 e. The molecule has 32 heavy (non-hydrogen) atoms. The predicted octanol–water partition coefficient (Wildman–Crippen LogP) is 2.11. The molecular formula is C23H22N4O5. The van der Waals surface area contributed by atoms with Crippen LogP contribution in [0.4, 0.5) is 5.69 Å². The van der Waals surface area contributed by atoms with Gasteiger partial charge in [0.2, 0.25) is 6.79 Å². The summed E-state index contributed by atoms with van der Waals surface area (Å²) in [7, 11) is 0. The maximum Gasteiger partial charge on any atom is 0.313 e. The fraction of sp³-hybridized carbons (Fsp3) is 0.304. The number of carbonyl (C=O) groups is 2. The zero-order valence-corrected chi connectivity index (χ0v) is 17.3. The van der Waals surface area contributed by atoms with Gasteiger partial charge in [-0.25, -0.2) is 4.98 Å². The van der Waals surface area contributed by atoms with Crippen molar-refractivity contribution in [1.29, 1.82) is 0 Å². The molecule has 2 aliphatic rings. The Balaban J connectivity index is 1.28. The summed E-state index contributed by atoms with van der Waals surface area (Å²) in [5.41, 5.74) is 1.62. The molecule has 0 fully saturated rings. The highest BCUT2D eigenvalue weighted by Gasteiger charge is 2.18. The van der Waals surface area contributed by atoms with Crippen LogP contribution < -0.4 is 25.7 Å². The van der Waals surface area contributed by atoms with E-state index in [0.717, 1.165) is 37.1 Å². The number of hydrogen-bond donors (Lipinski definition) is 2. The Labute approximate surface area is 183 Å². The zero-order chi connectivity index (χ0) is 22.1. The standard InChI is InChI=1S/C23H22N4O5/c28-21(24-12-14-5-8-18-19(10-14)32-13-31-18)22(29)25-15-6-7-17-16(11-15)23(30)27-9-3-1-2-4-20(27)26-17/h5-8,10-11H,1-4,9,12-13H2,(H,24,28)(H,25,29). The van der Waals surface area contributed by atoms with Crippen LogP contribution in [-0.2, 0) is 29.1 Å². The van der Waals surface area contributed by atoms with Crippen LogP contribution in [0.3, 0.4) is 0 Å². The summed E-state index contributed by atoms with van der Waals surface area (Å²) < 4.78 is 12.3.